The van der Waals surface area contributed by atoms with Crippen molar-refractivity contribution in [1.29, 1.82) is 0 Å². The lowest BCUT2D eigenvalue weighted by molar-refractivity contribution is -0.274. The maximum Gasteiger partial charge on any atom is 0.573 e. The first-order valence-electron chi connectivity index (χ1n) is 6.11. The van der Waals surface area contributed by atoms with Crippen molar-refractivity contribution in [3.63, 3.8) is 0 Å². The van der Waals surface area contributed by atoms with Crippen LogP contribution in [0.5, 0.6) is 11.5 Å². The third-order valence-electron chi connectivity index (χ3n) is 2.78. The van der Waals surface area contributed by atoms with Crippen LogP contribution in [0.4, 0.5) is 13.2 Å². The summed E-state index contributed by atoms with van der Waals surface area (Å²) >= 11 is 3.17. The van der Waals surface area contributed by atoms with Gasteiger partial charge in [0.15, 0.2) is 5.78 Å². The zero-order valence-corrected chi connectivity index (χ0v) is 12.6. The molecule has 0 saturated carbocycles. The predicted molar refractivity (Wildman–Crippen MR) is 77.0 cm³/mol. The number of hydrogen-bond donors (Lipinski definition) is 1. The van der Waals surface area contributed by atoms with Crippen molar-refractivity contribution < 1.29 is 27.8 Å². The number of phenolic OH excluding ortho intramolecular Hbond substituents is 1. The number of phenols is 1. The molecule has 0 spiro atoms. The Morgan fingerprint density at radius 2 is 1.77 bits per heavy atom. The topological polar surface area (TPSA) is 46.5 Å². The molecule has 0 aliphatic carbocycles. The Morgan fingerprint density at radius 1 is 1.14 bits per heavy atom. The van der Waals surface area contributed by atoms with E-state index >= 15 is 0 Å². The molecule has 22 heavy (non-hydrogen) atoms. The molecule has 0 saturated heterocycles. The van der Waals surface area contributed by atoms with Crippen LogP contribution in [0.15, 0.2) is 46.9 Å². The minimum Gasteiger partial charge on any atom is -0.507 e. The molecule has 3 nitrogen and oxygen atoms in total. The van der Waals surface area contributed by atoms with Crippen molar-refractivity contribution in [2.75, 3.05) is 0 Å². The average molecular weight is 375 g/mol. The van der Waals surface area contributed by atoms with Crippen LogP contribution < -0.4 is 4.74 Å². The van der Waals surface area contributed by atoms with E-state index in [2.05, 4.69) is 20.7 Å². The highest BCUT2D eigenvalue weighted by atomic mass is 79.9. The second-order valence-corrected chi connectivity index (χ2v) is 5.37. The van der Waals surface area contributed by atoms with Crippen molar-refractivity contribution in [3.05, 3.63) is 58.1 Å². The number of halogens is 4. The van der Waals surface area contributed by atoms with Gasteiger partial charge in [0.1, 0.15) is 11.5 Å². The van der Waals surface area contributed by atoms with Crippen molar-refractivity contribution >= 4 is 21.7 Å². The van der Waals surface area contributed by atoms with E-state index in [4.69, 9.17) is 0 Å². The van der Waals surface area contributed by atoms with Crippen LogP contribution >= 0.6 is 15.9 Å². The largest absolute Gasteiger partial charge is 0.573 e. The maximum absolute atomic E-state index is 12.1. The van der Waals surface area contributed by atoms with Gasteiger partial charge in [-0.3, -0.25) is 4.79 Å². The lowest BCUT2D eigenvalue weighted by atomic mass is 10.0. The SMILES string of the molecule is O=C(Cc1ccc(OC(F)(F)F)cc1)c1ccc(Br)cc1O. The Morgan fingerprint density at radius 3 is 2.32 bits per heavy atom. The maximum atomic E-state index is 12.1. The molecule has 2 aromatic rings. The summed E-state index contributed by atoms with van der Waals surface area (Å²) in [7, 11) is 0. The fraction of sp³-hybridized carbons (Fsp3) is 0.133. The van der Waals surface area contributed by atoms with Gasteiger partial charge in [-0.2, -0.15) is 0 Å². The highest BCUT2D eigenvalue weighted by Gasteiger charge is 2.30. The number of rotatable bonds is 4. The van der Waals surface area contributed by atoms with E-state index < -0.39 is 6.36 Å². The molecular formula is C15H10BrF3O3. The molecule has 0 atom stereocenters. The number of ketones is 1. The lowest BCUT2D eigenvalue weighted by Crippen LogP contribution is -2.17. The molecule has 0 fully saturated rings. The van der Waals surface area contributed by atoms with E-state index in [1.807, 2.05) is 0 Å². The van der Waals surface area contributed by atoms with Crippen molar-refractivity contribution in [2.24, 2.45) is 0 Å². The van der Waals surface area contributed by atoms with Crippen LogP contribution in [-0.2, 0) is 6.42 Å². The normalized spacial score (nSPS) is 11.3. The molecule has 116 valence electrons. The molecule has 0 aromatic heterocycles. The number of carbonyl (C=O) groups is 1. The minimum atomic E-state index is -4.75. The molecule has 2 rings (SSSR count). The number of hydrogen-bond acceptors (Lipinski definition) is 3. The molecule has 0 radical (unpaired) electrons. The molecule has 2 aromatic carbocycles. The quantitative estimate of drug-likeness (QED) is 0.802. The van der Waals surface area contributed by atoms with Crippen LogP contribution in [0.3, 0.4) is 0 Å². The van der Waals surface area contributed by atoms with Crippen LogP contribution in [0.25, 0.3) is 0 Å². The average Bonchev–Trinajstić information content (AvgIpc) is 2.39. The molecule has 0 amide bonds. The monoisotopic (exact) mass is 374 g/mol. The number of Topliss-reactive ketones (excluding diaryl/α,β-unsaturated/α-hetero) is 1. The van der Waals surface area contributed by atoms with Gasteiger partial charge >= 0.3 is 6.36 Å². The standard InChI is InChI=1S/C15H10BrF3O3/c16-10-3-6-12(14(21)8-10)13(20)7-9-1-4-11(5-2-9)22-15(17,18)19/h1-6,8,21H,7H2. The van der Waals surface area contributed by atoms with Gasteiger partial charge in [0.2, 0.25) is 0 Å². The second-order valence-electron chi connectivity index (χ2n) is 4.45. The molecule has 0 aliphatic rings. The van der Waals surface area contributed by atoms with E-state index in [1.54, 1.807) is 6.07 Å². The summed E-state index contributed by atoms with van der Waals surface area (Å²) in [5.41, 5.74) is 0.667. The Balaban J connectivity index is 2.09. The van der Waals surface area contributed by atoms with E-state index in [0.29, 0.717) is 10.0 Å². The summed E-state index contributed by atoms with van der Waals surface area (Å²) < 4.78 is 40.5. The van der Waals surface area contributed by atoms with Gasteiger partial charge in [-0.05, 0) is 35.9 Å². The Bertz CT molecular complexity index is 681. The van der Waals surface area contributed by atoms with Gasteiger partial charge in [0.25, 0.3) is 0 Å². The van der Waals surface area contributed by atoms with E-state index in [0.717, 1.165) is 12.1 Å². The predicted octanol–water partition coefficient (Wildman–Crippen LogP) is 4.48. The third-order valence-corrected chi connectivity index (χ3v) is 3.28. The smallest absolute Gasteiger partial charge is 0.507 e. The van der Waals surface area contributed by atoms with Crippen LogP contribution in [0.2, 0.25) is 0 Å². The summed E-state index contributed by atoms with van der Waals surface area (Å²) in [6, 6.07) is 9.50. The van der Waals surface area contributed by atoms with Gasteiger partial charge in [-0.25, -0.2) is 0 Å². The summed E-state index contributed by atoms with van der Waals surface area (Å²) in [5, 5.41) is 9.72. The fourth-order valence-corrected chi connectivity index (χ4v) is 2.18. The van der Waals surface area contributed by atoms with Gasteiger partial charge in [-0.1, -0.05) is 28.1 Å². The van der Waals surface area contributed by atoms with Crippen LogP contribution in [0, 0.1) is 0 Å². The van der Waals surface area contributed by atoms with E-state index in [1.165, 1.54) is 24.3 Å². The first-order chi connectivity index (χ1) is 10.2. The number of carbonyl (C=O) groups excluding carboxylic acids is 1. The molecule has 0 aliphatic heterocycles. The molecule has 0 bridgehead atoms. The summed E-state index contributed by atoms with van der Waals surface area (Å²) in [6.07, 6.45) is -4.79. The van der Waals surface area contributed by atoms with Crippen LogP contribution in [0.1, 0.15) is 15.9 Å². The minimum absolute atomic E-state index is 0.0402. The van der Waals surface area contributed by atoms with Crippen molar-refractivity contribution in [3.8, 4) is 11.5 Å². The third kappa shape index (κ3) is 4.49. The van der Waals surface area contributed by atoms with E-state index in [9.17, 15) is 23.1 Å². The first kappa shape index (κ1) is 16.4. The molecule has 7 heteroatoms. The van der Waals surface area contributed by atoms with Gasteiger partial charge < -0.3 is 9.84 Å². The zero-order valence-electron chi connectivity index (χ0n) is 11.0. The summed E-state index contributed by atoms with van der Waals surface area (Å²) in [6.45, 7) is 0. The summed E-state index contributed by atoms with van der Waals surface area (Å²) in [4.78, 5) is 12.1. The Hall–Kier alpha value is -2.02. The zero-order chi connectivity index (χ0) is 16.3. The van der Waals surface area contributed by atoms with Gasteiger partial charge in [0.05, 0.1) is 5.56 Å². The summed E-state index contributed by atoms with van der Waals surface area (Å²) in [5.74, 6) is -0.846. The van der Waals surface area contributed by atoms with Gasteiger partial charge in [0, 0.05) is 10.9 Å². The molecular weight excluding hydrogens is 365 g/mol. The Labute approximate surface area is 132 Å². The van der Waals surface area contributed by atoms with Crippen molar-refractivity contribution in [1.82, 2.24) is 0 Å². The number of aromatic hydroxyl groups is 1. The van der Waals surface area contributed by atoms with Gasteiger partial charge in [-0.15, -0.1) is 13.2 Å². The number of alkyl halides is 3. The highest BCUT2D eigenvalue weighted by molar-refractivity contribution is 9.10. The Kier molecular flexibility index (Phi) is 4.75. The fourth-order valence-electron chi connectivity index (χ4n) is 1.83. The molecule has 1 N–H and O–H groups in total. The number of ether oxygens (including phenoxy) is 1. The number of benzene rings is 2. The van der Waals surface area contributed by atoms with Crippen LogP contribution in [-0.4, -0.2) is 17.3 Å². The van der Waals surface area contributed by atoms with E-state index in [-0.39, 0.29) is 29.3 Å². The highest BCUT2D eigenvalue weighted by Crippen LogP contribution is 2.25. The lowest BCUT2D eigenvalue weighted by Gasteiger charge is -2.09. The first-order valence-corrected chi connectivity index (χ1v) is 6.90. The molecule has 0 heterocycles. The second kappa shape index (κ2) is 6.39. The van der Waals surface area contributed by atoms with Crippen molar-refractivity contribution in [2.45, 2.75) is 12.8 Å². The molecule has 0 unspecified atom stereocenters.